The Morgan fingerprint density at radius 3 is 2.36 bits per heavy atom. The maximum atomic E-state index is 14.3. The Balaban J connectivity index is 1.50. The highest BCUT2D eigenvalue weighted by Crippen LogP contribution is 2.42. The molecular weight excluding hydrogens is 574 g/mol. The zero-order valence-corrected chi connectivity index (χ0v) is 26.7. The summed E-state index contributed by atoms with van der Waals surface area (Å²) in [5.41, 5.74) is 3.51. The van der Waals surface area contributed by atoms with Crippen molar-refractivity contribution in [3.63, 3.8) is 0 Å². The second kappa shape index (κ2) is 12.8. The first kappa shape index (κ1) is 31.3. The van der Waals surface area contributed by atoms with Crippen LogP contribution in [-0.4, -0.2) is 44.4 Å². The molecule has 44 heavy (non-hydrogen) atoms. The van der Waals surface area contributed by atoms with Crippen LogP contribution in [0.1, 0.15) is 55.7 Å². The molecule has 1 unspecified atom stereocenters. The van der Waals surface area contributed by atoms with E-state index in [9.17, 15) is 13.2 Å². The molecule has 1 aliphatic heterocycles. The number of anilines is 2. The number of ether oxygens (including phenoxy) is 1. The summed E-state index contributed by atoms with van der Waals surface area (Å²) in [6, 6.07) is 23.0. The van der Waals surface area contributed by atoms with E-state index in [-0.39, 0.29) is 16.2 Å². The van der Waals surface area contributed by atoms with Gasteiger partial charge in [-0.2, -0.15) is 5.10 Å². The van der Waals surface area contributed by atoms with Gasteiger partial charge in [-0.1, -0.05) is 62.7 Å². The summed E-state index contributed by atoms with van der Waals surface area (Å²) >= 11 is 0. The van der Waals surface area contributed by atoms with Crippen LogP contribution in [0.2, 0.25) is 0 Å². The van der Waals surface area contributed by atoms with Gasteiger partial charge in [-0.05, 0) is 80.7 Å². The van der Waals surface area contributed by atoms with Gasteiger partial charge in [0.1, 0.15) is 11.6 Å². The summed E-state index contributed by atoms with van der Waals surface area (Å²) < 4.78 is 35.7. The fourth-order valence-corrected chi connectivity index (χ4v) is 7.76. The molecular formula is C34H41N5O4S. The van der Waals surface area contributed by atoms with Gasteiger partial charge in [0.25, 0.3) is 0 Å². The highest BCUT2D eigenvalue weighted by atomic mass is 32.2. The van der Waals surface area contributed by atoms with Crippen molar-refractivity contribution in [3.8, 4) is 11.4 Å². The summed E-state index contributed by atoms with van der Waals surface area (Å²) in [7, 11) is -2.34. The molecule has 1 saturated heterocycles. The third-order valence-electron chi connectivity index (χ3n) is 8.03. The van der Waals surface area contributed by atoms with Crippen molar-refractivity contribution in [1.29, 1.82) is 0 Å². The molecule has 232 valence electrons. The van der Waals surface area contributed by atoms with Gasteiger partial charge in [0.15, 0.2) is 9.84 Å². The average Bonchev–Trinajstić information content (AvgIpc) is 3.43. The molecule has 9 nitrogen and oxygen atoms in total. The van der Waals surface area contributed by atoms with Crippen molar-refractivity contribution in [3.05, 3.63) is 95.7 Å². The van der Waals surface area contributed by atoms with Gasteiger partial charge >= 0.3 is 6.03 Å². The lowest BCUT2D eigenvalue weighted by Gasteiger charge is -2.32. The molecule has 0 aliphatic carbocycles. The SMILES string of the molecule is COc1cccc(S(=O)(=O)C(c2ccccc2NC(=O)Nc2cc(C(C)(C)C)nn2-c2ccc(C)cc2)C2CCNCC2)c1. The molecule has 3 aromatic carbocycles. The van der Waals surface area contributed by atoms with Crippen LogP contribution in [0.3, 0.4) is 0 Å². The number of sulfone groups is 1. The van der Waals surface area contributed by atoms with Crippen molar-refractivity contribution in [1.82, 2.24) is 15.1 Å². The number of piperidine rings is 1. The highest BCUT2D eigenvalue weighted by molar-refractivity contribution is 7.91. The number of benzene rings is 3. The predicted molar refractivity (Wildman–Crippen MR) is 175 cm³/mol. The van der Waals surface area contributed by atoms with Crippen molar-refractivity contribution < 1.29 is 17.9 Å². The number of amides is 2. The van der Waals surface area contributed by atoms with E-state index >= 15 is 0 Å². The Labute approximate surface area is 259 Å². The minimum absolute atomic E-state index is 0.143. The van der Waals surface area contributed by atoms with Crippen LogP contribution in [0.4, 0.5) is 16.3 Å². The standard InChI is InChI=1S/C34H41N5O4S/c1-23-13-15-25(16-14-23)39-31(22-30(38-39)34(2,3)4)37-33(40)36-29-12-7-6-11-28(29)32(24-17-19-35-20-18-24)44(41,42)27-10-8-9-26(21-27)43-5/h6-16,21-22,24,32,35H,17-20H2,1-5H3,(H2,36,37,40). The molecule has 1 atom stereocenters. The first-order valence-corrected chi connectivity index (χ1v) is 16.4. The minimum Gasteiger partial charge on any atom is -0.497 e. The molecule has 0 spiro atoms. The van der Waals surface area contributed by atoms with Crippen LogP contribution >= 0.6 is 0 Å². The maximum Gasteiger partial charge on any atom is 0.324 e. The van der Waals surface area contributed by atoms with Gasteiger partial charge in [-0.15, -0.1) is 0 Å². The summed E-state index contributed by atoms with van der Waals surface area (Å²) in [6.07, 6.45) is 1.39. The highest BCUT2D eigenvalue weighted by Gasteiger charge is 2.38. The number of rotatable bonds is 8. The fraction of sp³-hybridized carbons (Fsp3) is 0.353. The number of methoxy groups -OCH3 is 1. The second-order valence-electron chi connectivity index (χ2n) is 12.3. The van der Waals surface area contributed by atoms with Crippen molar-refractivity contribution in [2.75, 3.05) is 30.8 Å². The van der Waals surface area contributed by atoms with E-state index in [1.165, 1.54) is 7.11 Å². The molecule has 4 aromatic rings. The number of para-hydroxylation sites is 1. The van der Waals surface area contributed by atoms with Crippen LogP contribution in [-0.2, 0) is 15.3 Å². The predicted octanol–water partition coefficient (Wildman–Crippen LogP) is 6.65. The van der Waals surface area contributed by atoms with Gasteiger partial charge in [0, 0.05) is 17.2 Å². The average molecular weight is 616 g/mol. The van der Waals surface area contributed by atoms with Gasteiger partial charge in [0.2, 0.25) is 0 Å². The summed E-state index contributed by atoms with van der Waals surface area (Å²) in [5.74, 6) is 0.837. The Morgan fingerprint density at radius 2 is 1.68 bits per heavy atom. The second-order valence-corrected chi connectivity index (χ2v) is 14.4. The number of aromatic nitrogens is 2. The van der Waals surface area contributed by atoms with Crippen LogP contribution < -0.4 is 20.7 Å². The fourth-order valence-electron chi connectivity index (χ4n) is 5.59. The van der Waals surface area contributed by atoms with E-state index in [2.05, 4.69) is 36.7 Å². The van der Waals surface area contributed by atoms with Crippen LogP contribution in [0.5, 0.6) is 5.75 Å². The molecule has 1 aliphatic rings. The number of urea groups is 1. The number of hydrogen-bond donors (Lipinski definition) is 3. The Kier molecular flexibility index (Phi) is 9.12. The van der Waals surface area contributed by atoms with Gasteiger partial charge in [0.05, 0.1) is 28.6 Å². The molecule has 10 heteroatoms. The number of aryl methyl sites for hydroxylation is 1. The number of nitrogens with zero attached hydrogens (tertiary/aromatic N) is 2. The first-order valence-electron chi connectivity index (χ1n) is 14.9. The molecule has 5 rings (SSSR count). The zero-order chi connectivity index (χ0) is 31.5. The molecule has 0 radical (unpaired) electrons. The van der Waals surface area contributed by atoms with Gasteiger partial charge in [-0.25, -0.2) is 17.9 Å². The van der Waals surface area contributed by atoms with Crippen molar-refractivity contribution >= 4 is 27.4 Å². The third kappa shape index (κ3) is 6.81. The monoisotopic (exact) mass is 615 g/mol. The summed E-state index contributed by atoms with van der Waals surface area (Å²) in [6.45, 7) is 9.67. The van der Waals surface area contributed by atoms with E-state index in [1.54, 1.807) is 47.1 Å². The van der Waals surface area contributed by atoms with Crippen LogP contribution in [0, 0.1) is 12.8 Å². The normalized spacial score (nSPS) is 15.0. The molecule has 2 amide bonds. The number of nitrogens with one attached hydrogen (secondary N) is 3. The lowest BCUT2D eigenvalue weighted by atomic mass is 9.89. The molecule has 3 N–H and O–H groups in total. The quantitative estimate of drug-likeness (QED) is 0.205. The number of carbonyl (C=O) groups excluding carboxylic acids is 1. The Bertz CT molecular complexity index is 1720. The molecule has 0 saturated carbocycles. The van der Waals surface area contributed by atoms with Gasteiger partial charge < -0.3 is 15.4 Å². The minimum atomic E-state index is -3.86. The van der Waals surface area contributed by atoms with Crippen molar-refractivity contribution in [2.45, 2.75) is 56.1 Å². The molecule has 0 bridgehead atoms. The van der Waals surface area contributed by atoms with E-state index in [4.69, 9.17) is 9.84 Å². The van der Waals surface area contributed by atoms with E-state index in [0.29, 0.717) is 35.7 Å². The summed E-state index contributed by atoms with van der Waals surface area (Å²) in [5, 5.41) is 13.2. The topological polar surface area (TPSA) is 114 Å². The first-order chi connectivity index (χ1) is 21.0. The smallest absolute Gasteiger partial charge is 0.324 e. The van der Waals surface area contributed by atoms with Crippen LogP contribution in [0.25, 0.3) is 5.69 Å². The Hall–Kier alpha value is -4.15. The van der Waals surface area contributed by atoms with E-state index < -0.39 is 21.1 Å². The molecule has 2 heterocycles. The number of hydrogen-bond acceptors (Lipinski definition) is 6. The molecule has 1 aromatic heterocycles. The lowest BCUT2D eigenvalue weighted by Crippen LogP contribution is -2.34. The van der Waals surface area contributed by atoms with Gasteiger partial charge in [-0.3, -0.25) is 5.32 Å². The molecule has 1 fully saturated rings. The van der Waals surface area contributed by atoms with Crippen molar-refractivity contribution in [2.24, 2.45) is 5.92 Å². The lowest BCUT2D eigenvalue weighted by molar-refractivity contribution is 0.262. The van der Waals surface area contributed by atoms with Crippen LogP contribution in [0.15, 0.2) is 83.8 Å². The maximum absolute atomic E-state index is 14.3. The zero-order valence-electron chi connectivity index (χ0n) is 25.9. The summed E-state index contributed by atoms with van der Waals surface area (Å²) in [4.78, 5) is 13.8. The third-order valence-corrected chi connectivity index (χ3v) is 10.2. The largest absolute Gasteiger partial charge is 0.497 e. The number of carbonyl (C=O) groups is 1. The Morgan fingerprint density at radius 1 is 0.977 bits per heavy atom. The van der Waals surface area contributed by atoms with E-state index in [1.807, 2.05) is 43.3 Å². The van der Waals surface area contributed by atoms with E-state index in [0.717, 1.165) is 30.0 Å².